The Morgan fingerprint density at radius 2 is 1.71 bits per heavy atom. The molecule has 3 N–H and O–H groups in total. The van der Waals surface area contributed by atoms with E-state index in [1.54, 1.807) is 6.20 Å². The van der Waals surface area contributed by atoms with Gasteiger partial charge in [0.2, 0.25) is 11.9 Å². The minimum Gasteiger partial charge on any atom is -0.370 e. The summed E-state index contributed by atoms with van der Waals surface area (Å²) < 4.78 is 0. The molecule has 0 unspecified atom stereocenters. The summed E-state index contributed by atoms with van der Waals surface area (Å²) in [5, 5.41) is 9.67. The van der Waals surface area contributed by atoms with Crippen molar-refractivity contribution in [1.29, 1.82) is 0 Å². The van der Waals surface area contributed by atoms with Crippen LogP contribution in [-0.2, 0) is 11.3 Å². The number of carbonyl (C=O) groups is 1. The molecule has 6 rings (SSSR count). The van der Waals surface area contributed by atoms with Gasteiger partial charge in [-0.3, -0.25) is 9.69 Å². The number of aromatic nitrogens is 4. The molecule has 3 aliphatic heterocycles. The number of hydrogen-bond donors (Lipinski definition) is 3. The lowest BCUT2D eigenvalue weighted by Gasteiger charge is -2.34. The van der Waals surface area contributed by atoms with Crippen molar-refractivity contribution in [3.8, 4) is 11.4 Å². The topological polar surface area (TPSA) is 111 Å². The summed E-state index contributed by atoms with van der Waals surface area (Å²) in [7, 11) is 0. The van der Waals surface area contributed by atoms with Crippen molar-refractivity contribution < 1.29 is 4.79 Å². The molecule has 8 bridgehead atoms. The van der Waals surface area contributed by atoms with Crippen LogP contribution in [-0.4, -0.2) is 81.5 Å². The Hall–Kier alpha value is -3.63. The van der Waals surface area contributed by atoms with Gasteiger partial charge in [-0.15, -0.1) is 0 Å². The third-order valence-corrected chi connectivity index (χ3v) is 6.28. The SMILES string of the molecule is O=C1CCN2CCN(CC2)Cc2cccc(c2)Nc2ncnc(n2)-c2ccnc(c2)NCCCN1. The molecule has 1 aromatic carbocycles. The molecule has 35 heavy (non-hydrogen) atoms. The molecule has 2 aromatic heterocycles. The van der Waals surface area contributed by atoms with Crippen molar-refractivity contribution in [2.75, 3.05) is 56.4 Å². The highest BCUT2D eigenvalue weighted by Gasteiger charge is 2.18. The van der Waals surface area contributed by atoms with Gasteiger partial charge in [0.25, 0.3) is 0 Å². The molecule has 0 saturated carbocycles. The predicted octanol–water partition coefficient (Wildman–Crippen LogP) is 2.12. The Morgan fingerprint density at radius 3 is 2.63 bits per heavy atom. The van der Waals surface area contributed by atoms with Crippen LogP contribution in [0, 0.1) is 0 Å². The highest BCUT2D eigenvalue weighted by Crippen LogP contribution is 2.21. The van der Waals surface area contributed by atoms with E-state index in [-0.39, 0.29) is 5.91 Å². The van der Waals surface area contributed by atoms with E-state index in [9.17, 15) is 4.79 Å². The fourth-order valence-electron chi connectivity index (χ4n) is 4.35. The summed E-state index contributed by atoms with van der Waals surface area (Å²) in [6, 6.07) is 12.2. The third-order valence-electron chi connectivity index (χ3n) is 6.28. The molecular formula is C25H31N9O. The Balaban J connectivity index is 1.35. The first-order chi connectivity index (χ1) is 17.2. The lowest BCUT2D eigenvalue weighted by atomic mass is 10.1. The van der Waals surface area contributed by atoms with Crippen LogP contribution in [0.1, 0.15) is 18.4 Å². The number of rotatable bonds is 0. The number of nitrogens with zero attached hydrogens (tertiary/aromatic N) is 6. The van der Waals surface area contributed by atoms with Crippen molar-refractivity contribution in [1.82, 2.24) is 35.1 Å². The number of pyridine rings is 1. The van der Waals surface area contributed by atoms with Gasteiger partial charge in [0, 0.05) is 76.2 Å². The normalized spacial score (nSPS) is 21.3. The number of carbonyl (C=O) groups excluding carboxylic acids is 1. The maximum atomic E-state index is 12.3. The maximum Gasteiger partial charge on any atom is 0.230 e. The number of nitrogens with one attached hydrogen (secondary N) is 3. The molecule has 1 amide bonds. The maximum absolute atomic E-state index is 12.3. The second kappa shape index (κ2) is 11.2. The molecule has 1 saturated heterocycles. The molecule has 10 nitrogen and oxygen atoms in total. The molecule has 3 aliphatic rings. The van der Waals surface area contributed by atoms with Crippen molar-refractivity contribution in [2.45, 2.75) is 19.4 Å². The Bertz CT molecular complexity index is 1150. The van der Waals surface area contributed by atoms with Crippen LogP contribution in [0.25, 0.3) is 11.4 Å². The highest BCUT2D eigenvalue weighted by molar-refractivity contribution is 5.76. The summed E-state index contributed by atoms with van der Waals surface area (Å²) in [4.78, 5) is 34.8. The Kier molecular flexibility index (Phi) is 7.40. The molecule has 0 spiro atoms. The average molecular weight is 474 g/mol. The predicted molar refractivity (Wildman–Crippen MR) is 135 cm³/mol. The molecule has 1 fully saturated rings. The van der Waals surface area contributed by atoms with Crippen molar-refractivity contribution in [3.05, 3.63) is 54.5 Å². The van der Waals surface area contributed by atoms with Crippen LogP contribution < -0.4 is 16.0 Å². The van der Waals surface area contributed by atoms with E-state index in [1.807, 2.05) is 18.2 Å². The first-order valence-electron chi connectivity index (χ1n) is 12.2. The minimum absolute atomic E-state index is 0.112. The van der Waals surface area contributed by atoms with Crippen LogP contribution in [0.3, 0.4) is 0 Å². The van der Waals surface area contributed by atoms with Gasteiger partial charge in [-0.25, -0.2) is 15.0 Å². The van der Waals surface area contributed by atoms with Gasteiger partial charge in [-0.1, -0.05) is 12.1 Å². The van der Waals surface area contributed by atoms with Crippen molar-refractivity contribution >= 4 is 23.4 Å². The standard InChI is InChI=1S/C25H31N9O/c35-23-6-10-33-11-13-34(14-12-33)17-19-3-1-4-21(15-19)31-25-30-18-29-24(32-25)20-5-9-27-22(16-20)26-7-2-8-28-23/h1,3-5,9,15-16,18H,2,6-8,10-14,17H2,(H,26,27)(H,28,35)(H,29,30,31,32). The average Bonchev–Trinajstić information content (AvgIpc) is 2.88. The van der Waals surface area contributed by atoms with E-state index >= 15 is 0 Å². The summed E-state index contributed by atoms with van der Waals surface area (Å²) >= 11 is 0. The van der Waals surface area contributed by atoms with E-state index in [0.717, 1.165) is 62.8 Å². The molecule has 0 aliphatic carbocycles. The summed E-state index contributed by atoms with van der Waals surface area (Å²) in [6.45, 7) is 6.99. The Labute approximate surface area is 205 Å². The molecule has 0 radical (unpaired) electrons. The zero-order chi connectivity index (χ0) is 23.9. The Morgan fingerprint density at radius 1 is 0.857 bits per heavy atom. The summed E-state index contributed by atoms with van der Waals surface area (Å²) in [5.74, 6) is 1.93. The quantitative estimate of drug-likeness (QED) is 0.452. The highest BCUT2D eigenvalue weighted by atomic mass is 16.1. The van der Waals surface area contributed by atoms with Gasteiger partial charge >= 0.3 is 0 Å². The summed E-state index contributed by atoms with van der Waals surface area (Å²) in [5.41, 5.74) is 3.03. The van der Waals surface area contributed by atoms with Gasteiger partial charge in [0.15, 0.2) is 5.82 Å². The first kappa shape index (κ1) is 23.1. The van der Waals surface area contributed by atoms with Crippen molar-refractivity contribution in [3.63, 3.8) is 0 Å². The molecule has 182 valence electrons. The van der Waals surface area contributed by atoms with E-state index in [2.05, 4.69) is 63.9 Å². The molecule has 0 atom stereocenters. The molecular weight excluding hydrogens is 442 g/mol. The van der Waals surface area contributed by atoms with E-state index in [4.69, 9.17) is 0 Å². The van der Waals surface area contributed by atoms with Crippen LogP contribution in [0.2, 0.25) is 0 Å². The number of amides is 1. The fraction of sp³-hybridized carbons (Fsp3) is 0.400. The van der Waals surface area contributed by atoms with Gasteiger partial charge in [0.1, 0.15) is 12.1 Å². The molecule has 10 heteroatoms. The fourth-order valence-corrected chi connectivity index (χ4v) is 4.35. The van der Waals surface area contributed by atoms with Crippen molar-refractivity contribution in [2.24, 2.45) is 0 Å². The monoisotopic (exact) mass is 473 g/mol. The number of piperazine rings is 1. The second-order valence-electron chi connectivity index (χ2n) is 8.89. The van der Waals surface area contributed by atoms with Gasteiger partial charge in [-0.2, -0.15) is 4.98 Å². The van der Waals surface area contributed by atoms with E-state index in [0.29, 0.717) is 31.3 Å². The minimum atomic E-state index is 0.112. The van der Waals surface area contributed by atoms with E-state index in [1.165, 1.54) is 11.9 Å². The number of fused-ring (bicyclic) bond motifs is 9. The number of benzene rings is 1. The number of hydrogen-bond acceptors (Lipinski definition) is 9. The van der Waals surface area contributed by atoms with Crippen LogP contribution in [0.15, 0.2) is 48.9 Å². The van der Waals surface area contributed by atoms with Gasteiger partial charge < -0.3 is 20.9 Å². The first-order valence-corrected chi connectivity index (χ1v) is 12.2. The van der Waals surface area contributed by atoms with Crippen LogP contribution in [0.4, 0.5) is 17.5 Å². The summed E-state index contributed by atoms with van der Waals surface area (Å²) in [6.07, 6.45) is 4.61. The lowest BCUT2D eigenvalue weighted by Crippen LogP contribution is -2.46. The van der Waals surface area contributed by atoms with Gasteiger partial charge in [0.05, 0.1) is 0 Å². The molecule has 3 aromatic rings. The smallest absolute Gasteiger partial charge is 0.230 e. The lowest BCUT2D eigenvalue weighted by molar-refractivity contribution is -0.121. The van der Waals surface area contributed by atoms with E-state index < -0.39 is 0 Å². The third kappa shape index (κ3) is 6.49. The largest absolute Gasteiger partial charge is 0.370 e. The van der Waals surface area contributed by atoms with Gasteiger partial charge in [-0.05, 0) is 36.2 Å². The molecule has 5 heterocycles. The number of anilines is 3. The van der Waals surface area contributed by atoms with Crippen LogP contribution in [0.5, 0.6) is 0 Å². The zero-order valence-electron chi connectivity index (χ0n) is 19.8. The van der Waals surface area contributed by atoms with Crippen LogP contribution >= 0.6 is 0 Å². The zero-order valence-corrected chi connectivity index (χ0v) is 19.8. The second-order valence-corrected chi connectivity index (χ2v) is 8.89.